The number of hydrogen-bond donors (Lipinski definition) is 2. The number of benzene rings is 1. The lowest BCUT2D eigenvalue weighted by Crippen LogP contribution is -2.22. The van der Waals surface area contributed by atoms with Gasteiger partial charge in [0.15, 0.2) is 0 Å². The van der Waals surface area contributed by atoms with Gasteiger partial charge in [0.25, 0.3) is 0 Å². The molecular formula is C10H11NO4. The van der Waals surface area contributed by atoms with E-state index in [2.05, 4.69) is 4.74 Å². The lowest BCUT2D eigenvalue weighted by Gasteiger charge is -2.11. The van der Waals surface area contributed by atoms with Crippen LogP contribution in [-0.4, -0.2) is 23.8 Å². The summed E-state index contributed by atoms with van der Waals surface area (Å²) >= 11 is 0. The van der Waals surface area contributed by atoms with Gasteiger partial charge in [0.2, 0.25) is 0 Å². The largest absolute Gasteiger partial charge is 0.481 e. The molecule has 0 heterocycles. The standard InChI is InChI=1S/C10H11NO4/c11-10(14)15-6-8(9(12)13)7-4-2-1-3-5-7/h1-5,8H,6H2,(H2,11,14)(H,12,13). The van der Waals surface area contributed by atoms with Gasteiger partial charge in [0.05, 0.1) is 0 Å². The monoisotopic (exact) mass is 209 g/mol. The van der Waals surface area contributed by atoms with E-state index in [9.17, 15) is 9.59 Å². The van der Waals surface area contributed by atoms with Gasteiger partial charge in [-0.15, -0.1) is 0 Å². The molecule has 0 saturated heterocycles. The summed E-state index contributed by atoms with van der Waals surface area (Å²) in [5.41, 5.74) is 5.34. The summed E-state index contributed by atoms with van der Waals surface area (Å²) in [6.45, 7) is -0.255. The van der Waals surface area contributed by atoms with E-state index < -0.39 is 18.0 Å². The van der Waals surface area contributed by atoms with Gasteiger partial charge < -0.3 is 15.6 Å². The number of ether oxygens (including phenoxy) is 1. The van der Waals surface area contributed by atoms with Crippen LogP contribution >= 0.6 is 0 Å². The molecular weight excluding hydrogens is 198 g/mol. The smallest absolute Gasteiger partial charge is 0.404 e. The third-order valence-electron chi connectivity index (χ3n) is 1.89. The first-order chi connectivity index (χ1) is 7.11. The minimum atomic E-state index is -1.05. The van der Waals surface area contributed by atoms with Crippen molar-refractivity contribution >= 4 is 12.1 Å². The SMILES string of the molecule is NC(=O)OCC(C(=O)O)c1ccccc1. The maximum absolute atomic E-state index is 10.9. The number of carbonyl (C=O) groups excluding carboxylic acids is 1. The third-order valence-corrected chi connectivity index (χ3v) is 1.89. The Morgan fingerprint density at radius 2 is 1.93 bits per heavy atom. The molecule has 0 bridgehead atoms. The predicted octanol–water partition coefficient (Wildman–Crippen LogP) is 0.950. The van der Waals surface area contributed by atoms with Gasteiger partial charge >= 0.3 is 12.1 Å². The van der Waals surface area contributed by atoms with Crippen molar-refractivity contribution in [1.82, 2.24) is 0 Å². The molecule has 0 aliphatic rings. The molecule has 0 aliphatic carbocycles. The van der Waals surface area contributed by atoms with Gasteiger partial charge in [-0.3, -0.25) is 4.79 Å². The Labute approximate surface area is 86.5 Å². The number of rotatable bonds is 4. The summed E-state index contributed by atoms with van der Waals surface area (Å²) in [4.78, 5) is 21.2. The summed E-state index contributed by atoms with van der Waals surface area (Å²) in [7, 11) is 0. The van der Waals surface area contributed by atoms with E-state index in [0.29, 0.717) is 5.56 Å². The molecule has 5 heteroatoms. The minimum absolute atomic E-state index is 0.255. The zero-order chi connectivity index (χ0) is 11.3. The normalized spacial score (nSPS) is 11.7. The highest BCUT2D eigenvalue weighted by molar-refractivity contribution is 5.76. The second-order valence-corrected chi connectivity index (χ2v) is 2.93. The molecule has 15 heavy (non-hydrogen) atoms. The second-order valence-electron chi connectivity index (χ2n) is 2.93. The van der Waals surface area contributed by atoms with Gasteiger partial charge in [0.1, 0.15) is 12.5 Å². The van der Waals surface area contributed by atoms with Crippen molar-refractivity contribution in [1.29, 1.82) is 0 Å². The van der Waals surface area contributed by atoms with Crippen molar-refractivity contribution in [2.75, 3.05) is 6.61 Å². The van der Waals surface area contributed by atoms with Crippen LogP contribution in [0.15, 0.2) is 30.3 Å². The number of aliphatic carboxylic acids is 1. The van der Waals surface area contributed by atoms with E-state index in [1.807, 2.05) is 0 Å². The fourth-order valence-corrected chi connectivity index (χ4v) is 1.16. The minimum Gasteiger partial charge on any atom is -0.481 e. The quantitative estimate of drug-likeness (QED) is 0.772. The van der Waals surface area contributed by atoms with Crippen LogP contribution in [0.4, 0.5) is 4.79 Å². The van der Waals surface area contributed by atoms with Gasteiger partial charge in [-0.05, 0) is 5.56 Å². The highest BCUT2D eigenvalue weighted by atomic mass is 16.5. The van der Waals surface area contributed by atoms with Crippen molar-refractivity contribution in [2.24, 2.45) is 5.73 Å². The first-order valence-corrected chi connectivity index (χ1v) is 4.31. The van der Waals surface area contributed by atoms with Crippen LogP contribution < -0.4 is 5.73 Å². The molecule has 80 valence electrons. The Hall–Kier alpha value is -2.04. The molecule has 0 spiro atoms. The van der Waals surface area contributed by atoms with Crippen molar-refractivity contribution < 1.29 is 19.4 Å². The zero-order valence-electron chi connectivity index (χ0n) is 7.92. The number of hydrogen-bond acceptors (Lipinski definition) is 3. The molecule has 1 rings (SSSR count). The number of amides is 1. The highest BCUT2D eigenvalue weighted by Gasteiger charge is 2.20. The lowest BCUT2D eigenvalue weighted by atomic mass is 10.0. The summed E-state index contributed by atoms with van der Waals surface area (Å²) in [6.07, 6.45) is -0.975. The van der Waals surface area contributed by atoms with Crippen LogP contribution in [-0.2, 0) is 9.53 Å². The van der Waals surface area contributed by atoms with Gasteiger partial charge in [-0.1, -0.05) is 30.3 Å². The molecule has 0 fully saturated rings. The highest BCUT2D eigenvalue weighted by Crippen LogP contribution is 2.15. The lowest BCUT2D eigenvalue weighted by molar-refractivity contribution is -0.139. The molecule has 1 amide bonds. The molecule has 0 saturated carbocycles. The molecule has 5 nitrogen and oxygen atoms in total. The topological polar surface area (TPSA) is 89.6 Å². The van der Waals surface area contributed by atoms with Crippen molar-refractivity contribution in [2.45, 2.75) is 5.92 Å². The fourth-order valence-electron chi connectivity index (χ4n) is 1.16. The van der Waals surface area contributed by atoms with Crippen LogP contribution in [0.1, 0.15) is 11.5 Å². The number of carbonyl (C=O) groups is 2. The van der Waals surface area contributed by atoms with E-state index in [4.69, 9.17) is 10.8 Å². The van der Waals surface area contributed by atoms with Crippen LogP contribution in [0.25, 0.3) is 0 Å². The Morgan fingerprint density at radius 1 is 1.33 bits per heavy atom. The molecule has 0 aliphatic heterocycles. The molecule has 1 aromatic rings. The van der Waals surface area contributed by atoms with Crippen molar-refractivity contribution in [3.8, 4) is 0 Å². The molecule has 3 N–H and O–H groups in total. The average Bonchev–Trinajstić information content (AvgIpc) is 2.18. The molecule has 0 aromatic heterocycles. The van der Waals surface area contributed by atoms with Crippen LogP contribution in [0.2, 0.25) is 0 Å². The zero-order valence-corrected chi connectivity index (χ0v) is 7.92. The fraction of sp³-hybridized carbons (Fsp3) is 0.200. The van der Waals surface area contributed by atoms with E-state index in [1.165, 1.54) is 0 Å². The first-order valence-electron chi connectivity index (χ1n) is 4.31. The Morgan fingerprint density at radius 3 is 2.40 bits per heavy atom. The molecule has 1 unspecified atom stereocenters. The summed E-state index contributed by atoms with van der Waals surface area (Å²) in [6, 6.07) is 8.52. The average molecular weight is 209 g/mol. The Bertz CT molecular complexity index is 350. The van der Waals surface area contributed by atoms with Crippen molar-refractivity contribution in [3.63, 3.8) is 0 Å². The Balaban J connectivity index is 2.75. The molecule has 0 radical (unpaired) electrons. The van der Waals surface area contributed by atoms with Crippen molar-refractivity contribution in [3.05, 3.63) is 35.9 Å². The van der Waals surface area contributed by atoms with Crippen LogP contribution in [0.5, 0.6) is 0 Å². The second kappa shape index (κ2) is 4.99. The number of carboxylic acid groups (broad SMARTS) is 1. The third kappa shape index (κ3) is 3.30. The van der Waals surface area contributed by atoms with E-state index >= 15 is 0 Å². The molecule has 1 atom stereocenters. The maximum Gasteiger partial charge on any atom is 0.404 e. The summed E-state index contributed by atoms with van der Waals surface area (Å²) in [5, 5.41) is 8.91. The summed E-state index contributed by atoms with van der Waals surface area (Å²) < 4.78 is 4.48. The Kier molecular flexibility index (Phi) is 3.68. The first kappa shape index (κ1) is 11.0. The predicted molar refractivity (Wildman–Crippen MR) is 52.4 cm³/mol. The number of nitrogens with two attached hydrogens (primary N) is 1. The van der Waals surface area contributed by atoms with Gasteiger partial charge in [-0.2, -0.15) is 0 Å². The van der Waals surface area contributed by atoms with E-state index in [-0.39, 0.29) is 6.61 Å². The summed E-state index contributed by atoms with van der Waals surface area (Å²) in [5.74, 6) is -1.93. The van der Waals surface area contributed by atoms with E-state index in [0.717, 1.165) is 0 Å². The van der Waals surface area contributed by atoms with Crippen LogP contribution in [0.3, 0.4) is 0 Å². The van der Waals surface area contributed by atoms with Crippen LogP contribution in [0, 0.1) is 0 Å². The van der Waals surface area contributed by atoms with Gasteiger partial charge in [0, 0.05) is 0 Å². The van der Waals surface area contributed by atoms with Gasteiger partial charge in [-0.25, -0.2) is 4.79 Å². The van der Waals surface area contributed by atoms with E-state index in [1.54, 1.807) is 30.3 Å². The molecule has 1 aromatic carbocycles. The maximum atomic E-state index is 10.9. The number of carboxylic acids is 1. The number of primary amides is 1.